The van der Waals surface area contributed by atoms with Gasteiger partial charge in [-0.05, 0) is 83.8 Å². The number of rotatable bonds is 5. The van der Waals surface area contributed by atoms with Crippen LogP contribution in [0.5, 0.6) is 0 Å². The lowest BCUT2D eigenvalue weighted by Crippen LogP contribution is -2.28. The molecule has 32 heavy (non-hydrogen) atoms. The molecule has 1 heterocycles. The first-order valence-corrected chi connectivity index (χ1v) is 12.0. The monoisotopic (exact) mass is 480 g/mol. The maximum Gasteiger partial charge on any atom is 0.271 e. The van der Waals surface area contributed by atoms with Crippen molar-refractivity contribution in [2.45, 2.75) is 26.7 Å². The topological polar surface area (TPSA) is 32.7 Å². The van der Waals surface area contributed by atoms with E-state index < -0.39 is 0 Å². The molecular formula is C26H22Cl2N2OS. The molecule has 0 atom stereocenters. The maximum atomic E-state index is 13.4. The van der Waals surface area contributed by atoms with E-state index in [0.717, 1.165) is 29.8 Å². The van der Waals surface area contributed by atoms with Gasteiger partial charge < -0.3 is 0 Å². The van der Waals surface area contributed by atoms with Gasteiger partial charge in [0.05, 0.1) is 16.3 Å². The molecule has 0 unspecified atom stereocenters. The Morgan fingerprint density at radius 2 is 1.53 bits per heavy atom. The summed E-state index contributed by atoms with van der Waals surface area (Å²) in [5, 5.41) is 1.66. The zero-order chi connectivity index (χ0) is 22.7. The molecule has 1 aliphatic heterocycles. The second-order valence-electron chi connectivity index (χ2n) is 7.35. The third-order valence-electron chi connectivity index (χ3n) is 5.23. The van der Waals surface area contributed by atoms with Crippen molar-refractivity contribution >= 4 is 63.5 Å². The van der Waals surface area contributed by atoms with Crippen LogP contribution in [0.25, 0.3) is 6.08 Å². The number of aliphatic imine (C=N–C) groups is 1. The average Bonchev–Trinajstić information content (AvgIpc) is 3.10. The SMILES string of the molecule is CCc1ccc(N=C2S/C(=C\c3ccc(Cl)cc3Cl)C(=O)N2c2ccc(CC)cc2)cc1. The minimum Gasteiger partial charge on any atom is -0.268 e. The molecule has 3 aromatic rings. The summed E-state index contributed by atoms with van der Waals surface area (Å²) in [7, 11) is 0. The lowest BCUT2D eigenvalue weighted by atomic mass is 10.1. The summed E-state index contributed by atoms with van der Waals surface area (Å²) in [6.07, 6.45) is 3.70. The maximum absolute atomic E-state index is 13.4. The van der Waals surface area contributed by atoms with Crippen molar-refractivity contribution in [2.75, 3.05) is 4.90 Å². The first kappa shape index (κ1) is 22.7. The average molecular weight is 481 g/mol. The summed E-state index contributed by atoms with van der Waals surface area (Å²) in [5.74, 6) is -0.130. The van der Waals surface area contributed by atoms with Crippen LogP contribution in [0.3, 0.4) is 0 Å². The van der Waals surface area contributed by atoms with Crippen LogP contribution in [0.4, 0.5) is 11.4 Å². The lowest BCUT2D eigenvalue weighted by molar-refractivity contribution is -0.113. The van der Waals surface area contributed by atoms with Crippen LogP contribution >= 0.6 is 35.0 Å². The van der Waals surface area contributed by atoms with Gasteiger partial charge in [0.1, 0.15) is 0 Å². The summed E-state index contributed by atoms with van der Waals surface area (Å²) >= 11 is 13.7. The smallest absolute Gasteiger partial charge is 0.268 e. The van der Waals surface area contributed by atoms with E-state index in [9.17, 15) is 4.79 Å². The number of halogens is 2. The Labute approximate surface area is 202 Å². The van der Waals surface area contributed by atoms with Crippen molar-refractivity contribution in [2.24, 2.45) is 4.99 Å². The Bertz CT molecular complexity index is 1200. The van der Waals surface area contributed by atoms with Gasteiger partial charge in [0.25, 0.3) is 5.91 Å². The van der Waals surface area contributed by atoms with Crippen LogP contribution in [0.15, 0.2) is 76.6 Å². The number of carbonyl (C=O) groups excluding carboxylic acids is 1. The molecule has 0 saturated carbocycles. The van der Waals surface area contributed by atoms with E-state index >= 15 is 0 Å². The van der Waals surface area contributed by atoms with E-state index in [-0.39, 0.29) is 5.91 Å². The Hall–Kier alpha value is -2.53. The second kappa shape index (κ2) is 9.95. The molecule has 3 aromatic carbocycles. The first-order chi connectivity index (χ1) is 15.5. The fourth-order valence-corrected chi connectivity index (χ4v) is 4.79. The number of aryl methyl sites for hydroxylation is 2. The largest absolute Gasteiger partial charge is 0.271 e. The fourth-order valence-electron chi connectivity index (χ4n) is 3.33. The predicted molar refractivity (Wildman–Crippen MR) is 138 cm³/mol. The van der Waals surface area contributed by atoms with Gasteiger partial charge in [-0.3, -0.25) is 9.69 Å². The number of hydrogen-bond acceptors (Lipinski definition) is 3. The van der Waals surface area contributed by atoms with Crippen LogP contribution in [0.1, 0.15) is 30.5 Å². The number of hydrogen-bond donors (Lipinski definition) is 0. The lowest BCUT2D eigenvalue weighted by Gasteiger charge is -2.16. The van der Waals surface area contributed by atoms with E-state index in [0.29, 0.717) is 20.1 Å². The molecule has 0 spiro atoms. The zero-order valence-corrected chi connectivity index (χ0v) is 20.1. The molecule has 4 rings (SSSR count). The van der Waals surface area contributed by atoms with E-state index in [1.807, 2.05) is 42.5 Å². The molecular weight excluding hydrogens is 459 g/mol. The molecule has 0 bridgehead atoms. The van der Waals surface area contributed by atoms with Gasteiger partial charge in [-0.25, -0.2) is 4.99 Å². The van der Waals surface area contributed by atoms with Crippen LogP contribution in [-0.4, -0.2) is 11.1 Å². The fraction of sp³-hybridized carbons (Fsp3) is 0.154. The third-order valence-corrected chi connectivity index (χ3v) is 6.76. The molecule has 0 radical (unpaired) electrons. The highest BCUT2D eigenvalue weighted by Gasteiger charge is 2.34. The summed E-state index contributed by atoms with van der Waals surface area (Å²) in [4.78, 5) is 20.4. The summed E-state index contributed by atoms with van der Waals surface area (Å²) in [6, 6.07) is 21.3. The van der Waals surface area contributed by atoms with Crippen molar-refractivity contribution < 1.29 is 4.79 Å². The Balaban J connectivity index is 1.76. The molecule has 3 nitrogen and oxygen atoms in total. The molecule has 0 aliphatic carbocycles. The minimum atomic E-state index is -0.130. The van der Waals surface area contributed by atoms with Crippen LogP contribution in [-0.2, 0) is 17.6 Å². The molecule has 1 fully saturated rings. The Morgan fingerprint density at radius 1 is 0.906 bits per heavy atom. The van der Waals surface area contributed by atoms with Gasteiger partial charge in [0, 0.05) is 10.0 Å². The van der Waals surface area contributed by atoms with Crippen LogP contribution in [0.2, 0.25) is 10.0 Å². The number of carbonyl (C=O) groups is 1. The van der Waals surface area contributed by atoms with E-state index in [4.69, 9.17) is 28.2 Å². The molecule has 0 N–H and O–H groups in total. The highest BCUT2D eigenvalue weighted by molar-refractivity contribution is 8.19. The third kappa shape index (κ3) is 4.93. The zero-order valence-electron chi connectivity index (χ0n) is 17.8. The normalized spacial score (nSPS) is 16.4. The molecule has 1 amide bonds. The Morgan fingerprint density at radius 3 is 2.12 bits per heavy atom. The standard InChI is InChI=1S/C26H22Cl2N2OS/c1-3-17-5-11-21(12-6-17)29-26-30(22-13-7-18(4-2)8-14-22)25(31)24(32-26)15-19-9-10-20(27)16-23(19)28/h5-16H,3-4H2,1-2H3/b24-15-,29-26?. The second-order valence-corrected chi connectivity index (χ2v) is 9.20. The number of amidine groups is 1. The van der Waals surface area contributed by atoms with Gasteiger partial charge in [-0.1, -0.05) is 67.4 Å². The molecule has 1 aliphatic rings. The highest BCUT2D eigenvalue weighted by Crippen LogP contribution is 2.38. The van der Waals surface area contributed by atoms with E-state index in [2.05, 4.69) is 26.0 Å². The van der Waals surface area contributed by atoms with Gasteiger partial charge in [-0.15, -0.1) is 0 Å². The van der Waals surface area contributed by atoms with E-state index in [1.165, 1.54) is 22.9 Å². The summed E-state index contributed by atoms with van der Waals surface area (Å²) < 4.78 is 0. The van der Waals surface area contributed by atoms with Crippen molar-refractivity contribution in [3.8, 4) is 0 Å². The summed E-state index contributed by atoms with van der Waals surface area (Å²) in [5.41, 5.74) is 4.79. The van der Waals surface area contributed by atoms with Crippen molar-refractivity contribution in [3.05, 3.63) is 98.4 Å². The van der Waals surface area contributed by atoms with Crippen molar-refractivity contribution in [1.29, 1.82) is 0 Å². The molecule has 1 saturated heterocycles. The number of thioether (sulfide) groups is 1. The van der Waals surface area contributed by atoms with Crippen molar-refractivity contribution in [3.63, 3.8) is 0 Å². The number of benzene rings is 3. The number of anilines is 1. The quantitative estimate of drug-likeness (QED) is 0.347. The Kier molecular flexibility index (Phi) is 7.04. The number of amides is 1. The number of nitrogens with zero attached hydrogens (tertiary/aromatic N) is 2. The van der Waals surface area contributed by atoms with Crippen LogP contribution in [0, 0.1) is 0 Å². The van der Waals surface area contributed by atoms with E-state index in [1.54, 1.807) is 23.1 Å². The van der Waals surface area contributed by atoms with Crippen molar-refractivity contribution in [1.82, 2.24) is 0 Å². The van der Waals surface area contributed by atoms with Gasteiger partial charge in [0.2, 0.25) is 0 Å². The van der Waals surface area contributed by atoms with Crippen LogP contribution < -0.4 is 4.90 Å². The molecule has 6 heteroatoms. The highest BCUT2D eigenvalue weighted by atomic mass is 35.5. The summed E-state index contributed by atoms with van der Waals surface area (Å²) in [6.45, 7) is 4.22. The van der Waals surface area contributed by atoms with Gasteiger partial charge in [0.15, 0.2) is 5.17 Å². The molecule has 0 aromatic heterocycles. The van der Waals surface area contributed by atoms with Gasteiger partial charge in [-0.2, -0.15) is 0 Å². The predicted octanol–water partition coefficient (Wildman–Crippen LogP) is 7.93. The molecule has 162 valence electrons. The minimum absolute atomic E-state index is 0.130. The van der Waals surface area contributed by atoms with Gasteiger partial charge >= 0.3 is 0 Å². The first-order valence-electron chi connectivity index (χ1n) is 10.4.